The van der Waals surface area contributed by atoms with Crippen LogP contribution < -0.4 is 0 Å². The van der Waals surface area contributed by atoms with Crippen LogP contribution in [0.5, 0.6) is 0 Å². The molecule has 0 atom stereocenters. The van der Waals surface area contributed by atoms with Gasteiger partial charge in [-0.1, -0.05) is 12.8 Å². The molecule has 1 aliphatic rings. The normalized spacial score (nSPS) is 18.5. The highest BCUT2D eigenvalue weighted by Crippen LogP contribution is 2.23. The number of rotatable bonds is 2. The molecular formula is C13H16N2O3S. The summed E-state index contributed by atoms with van der Waals surface area (Å²) in [6.45, 7) is 1.22. The molecule has 0 saturated carbocycles. The van der Waals surface area contributed by atoms with E-state index >= 15 is 0 Å². The molecule has 0 unspecified atom stereocenters. The molecule has 1 fully saturated rings. The predicted molar refractivity (Wildman–Crippen MR) is 71.2 cm³/mol. The largest absolute Gasteiger partial charge is 0.443 e. The molecule has 2 heterocycles. The number of sulfonamides is 1. The maximum Gasteiger partial charge on any atom is 0.243 e. The monoisotopic (exact) mass is 280 g/mol. The number of aromatic nitrogens is 1. The van der Waals surface area contributed by atoms with Gasteiger partial charge in [0.15, 0.2) is 12.0 Å². The minimum atomic E-state index is -3.41. The number of hydrogen-bond acceptors (Lipinski definition) is 4. The number of nitrogens with zero attached hydrogens (tertiary/aromatic N) is 2. The molecule has 0 aliphatic carbocycles. The molecule has 0 spiro atoms. The maximum absolute atomic E-state index is 12.6. The van der Waals surface area contributed by atoms with Crippen molar-refractivity contribution in [2.24, 2.45) is 0 Å². The fourth-order valence-electron chi connectivity index (χ4n) is 2.43. The lowest BCUT2D eigenvalue weighted by Crippen LogP contribution is -2.31. The molecule has 102 valence electrons. The second kappa shape index (κ2) is 4.94. The van der Waals surface area contributed by atoms with Gasteiger partial charge in [0, 0.05) is 19.2 Å². The first-order valence-electron chi connectivity index (χ1n) is 6.51. The first kappa shape index (κ1) is 12.6. The van der Waals surface area contributed by atoms with Crippen molar-refractivity contribution in [1.82, 2.24) is 9.29 Å². The summed E-state index contributed by atoms with van der Waals surface area (Å²) in [6, 6.07) is 4.84. The van der Waals surface area contributed by atoms with Crippen LogP contribution in [0.25, 0.3) is 11.1 Å². The second-order valence-corrected chi connectivity index (χ2v) is 6.74. The number of oxazole rings is 1. The summed E-state index contributed by atoms with van der Waals surface area (Å²) >= 11 is 0. The third-order valence-electron chi connectivity index (χ3n) is 3.51. The van der Waals surface area contributed by atoms with Crippen molar-refractivity contribution >= 4 is 21.1 Å². The van der Waals surface area contributed by atoms with Gasteiger partial charge >= 0.3 is 0 Å². The van der Waals surface area contributed by atoms with Crippen LogP contribution in [0.4, 0.5) is 0 Å². The topological polar surface area (TPSA) is 63.4 Å². The molecule has 19 heavy (non-hydrogen) atoms. The quantitative estimate of drug-likeness (QED) is 0.847. The van der Waals surface area contributed by atoms with Crippen LogP contribution in [0.15, 0.2) is 33.9 Å². The third-order valence-corrected chi connectivity index (χ3v) is 5.40. The van der Waals surface area contributed by atoms with E-state index in [1.807, 2.05) is 0 Å². The summed E-state index contributed by atoms with van der Waals surface area (Å²) in [4.78, 5) is 4.28. The van der Waals surface area contributed by atoms with Crippen molar-refractivity contribution in [2.75, 3.05) is 13.1 Å². The molecule has 0 amide bonds. The zero-order valence-corrected chi connectivity index (χ0v) is 11.4. The van der Waals surface area contributed by atoms with Crippen LogP contribution in [0, 0.1) is 0 Å². The molecule has 1 aliphatic heterocycles. The average molecular weight is 280 g/mol. The molecule has 1 aromatic heterocycles. The second-order valence-electron chi connectivity index (χ2n) is 4.80. The van der Waals surface area contributed by atoms with Gasteiger partial charge in [-0.15, -0.1) is 0 Å². The van der Waals surface area contributed by atoms with Gasteiger partial charge in [-0.25, -0.2) is 13.4 Å². The van der Waals surface area contributed by atoms with Gasteiger partial charge in [-0.2, -0.15) is 4.31 Å². The van der Waals surface area contributed by atoms with E-state index in [1.54, 1.807) is 22.5 Å². The van der Waals surface area contributed by atoms with Gasteiger partial charge in [0.25, 0.3) is 0 Å². The highest BCUT2D eigenvalue weighted by molar-refractivity contribution is 7.89. The molecule has 0 radical (unpaired) electrons. The van der Waals surface area contributed by atoms with E-state index in [0.717, 1.165) is 25.7 Å². The molecule has 2 aromatic rings. The summed E-state index contributed by atoms with van der Waals surface area (Å²) in [7, 11) is -3.41. The Balaban J connectivity index is 1.97. The van der Waals surface area contributed by atoms with Gasteiger partial charge in [0.2, 0.25) is 10.0 Å². The average Bonchev–Trinajstić information content (AvgIpc) is 2.69. The van der Waals surface area contributed by atoms with Crippen LogP contribution in [0.1, 0.15) is 25.7 Å². The van der Waals surface area contributed by atoms with E-state index in [1.165, 1.54) is 6.39 Å². The van der Waals surface area contributed by atoms with E-state index in [2.05, 4.69) is 4.98 Å². The lowest BCUT2D eigenvalue weighted by molar-refractivity contribution is 0.423. The van der Waals surface area contributed by atoms with E-state index < -0.39 is 10.0 Å². The van der Waals surface area contributed by atoms with E-state index in [-0.39, 0.29) is 0 Å². The molecule has 6 heteroatoms. The van der Waals surface area contributed by atoms with Crippen molar-refractivity contribution in [2.45, 2.75) is 30.6 Å². The highest BCUT2D eigenvalue weighted by atomic mass is 32.2. The minimum absolute atomic E-state index is 0.290. The zero-order chi connectivity index (χ0) is 13.3. The Morgan fingerprint density at radius 1 is 1.11 bits per heavy atom. The van der Waals surface area contributed by atoms with E-state index in [9.17, 15) is 8.42 Å². The summed E-state index contributed by atoms with van der Waals surface area (Å²) in [5.41, 5.74) is 1.19. The summed E-state index contributed by atoms with van der Waals surface area (Å²) in [6.07, 6.45) is 5.40. The molecular weight excluding hydrogens is 264 g/mol. The fourth-order valence-corrected chi connectivity index (χ4v) is 3.96. The minimum Gasteiger partial charge on any atom is -0.443 e. The van der Waals surface area contributed by atoms with Crippen molar-refractivity contribution < 1.29 is 12.8 Å². The first-order valence-corrected chi connectivity index (χ1v) is 7.95. The van der Waals surface area contributed by atoms with E-state index in [4.69, 9.17) is 4.42 Å². The maximum atomic E-state index is 12.6. The number of hydrogen-bond donors (Lipinski definition) is 0. The van der Waals surface area contributed by atoms with Crippen LogP contribution >= 0.6 is 0 Å². The SMILES string of the molecule is O=S(=O)(c1ccc2ncoc2c1)N1CCCCCC1. The van der Waals surface area contributed by atoms with E-state index in [0.29, 0.717) is 29.1 Å². The first-order chi connectivity index (χ1) is 9.18. The molecule has 1 saturated heterocycles. The summed E-state index contributed by atoms with van der Waals surface area (Å²) < 4.78 is 31.9. The number of benzene rings is 1. The molecule has 5 nitrogen and oxygen atoms in total. The summed E-state index contributed by atoms with van der Waals surface area (Å²) in [5, 5.41) is 0. The Kier molecular flexibility index (Phi) is 3.28. The smallest absolute Gasteiger partial charge is 0.243 e. The lowest BCUT2D eigenvalue weighted by Gasteiger charge is -2.19. The summed E-state index contributed by atoms with van der Waals surface area (Å²) in [5.74, 6) is 0. The molecule has 1 aromatic carbocycles. The fraction of sp³-hybridized carbons (Fsp3) is 0.462. The molecule has 3 rings (SSSR count). The number of fused-ring (bicyclic) bond motifs is 1. The van der Waals surface area contributed by atoms with Gasteiger partial charge in [-0.05, 0) is 25.0 Å². The van der Waals surface area contributed by atoms with Gasteiger partial charge in [0.1, 0.15) is 5.52 Å². The Morgan fingerprint density at radius 2 is 1.84 bits per heavy atom. The van der Waals surface area contributed by atoms with Gasteiger partial charge in [-0.3, -0.25) is 0 Å². The molecule has 0 N–H and O–H groups in total. The van der Waals surface area contributed by atoms with Crippen molar-refractivity contribution in [3.05, 3.63) is 24.6 Å². The predicted octanol–water partition coefficient (Wildman–Crippen LogP) is 2.39. The van der Waals surface area contributed by atoms with Crippen molar-refractivity contribution in [3.63, 3.8) is 0 Å². The van der Waals surface area contributed by atoms with Crippen LogP contribution in [0.2, 0.25) is 0 Å². The Hall–Kier alpha value is -1.40. The van der Waals surface area contributed by atoms with Crippen molar-refractivity contribution in [3.8, 4) is 0 Å². The van der Waals surface area contributed by atoms with Gasteiger partial charge < -0.3 is 4.42 Å². The zero-order valence-electron chi connectivity index (χ0n) is 10.6. The lowest BCUT2D eigenvalue weighted by atomic mass is 10.2. The van der Waals surface area contributed by atoms with Gasteiger partial charge in [0.05, 0.1) is 4.90 Å². The Labute approximate surface area is 112 Å². The van der Waals surface area contributed by atoms with Crippen LogP contribution in [-0.2, 0) is 10.0 Å². The Bertz CT molecular complexity index is 670. The van der Waals surface area contributed by atoms with Crippen LogP contribution in [-0.4, -0.2) is 30.8 Å². The van der Waals surface area contributed by atoms with Crippen molar-refractivity contribution in [1.29, 1.82) is 0 Å². The van der Waals surface area contributed by atoms with Crippen LogP contribution in [0.3, 0.4) is 0 Å². The Morgan fingerprint density at radius 3 is 2.58 bits per heavy atom. The molecule has 0 bridgehead atoms. The third kappa shape index (κ3) is 2.37. The highest BCUT2D eigenvalue weighted by Gasteiger charge is 2.25. The standard InChI is InChI=1S/C13H16N2O3S/c16-19(17,15-7-3-1-2-4-8-15)11-5-6-12-13(9-11)18-10-14-12/h5-6,9-10H,1-4,7-8H2.